The molecule has 1 atom stereocenters. The molecule has 6 nitrogen and oxygen atoms in total. The molecule has 1 aromatic rings. The van der Waals surface area contributed by atoms with Crippen LogP contribution in [-0.2, 0) is 9.84 Å². The van der Waals surface area contributed by atoms with E-state index in [0.717, 1.165) is 16.9 Å². The van der Waals surface area contributed by atoms with E-state index in [4.69, 9.17) is 0 Å². The van der Waals surface area contributed by atoms with Crippen LogP contribution in [0.25, 0.3) is 0 Å². The number of carbonyl (C=O) groups is 1. The van der Waals surface area contributed by atoms with Gasteiger partial charge in [-0.15, -0.1) is 0 Å². The molecule has 2 rings (SSSR count). The van der Waals surface area contributed by atoms with Crippen molar-refractivity contribution in [1.82, 2.24) is 5.32 Å². The quantitative estimate of drug-likeness (QED) is 0.884. The SMILES string of the molecule is Cc1cc(N(C)C)ccc1NC(=O)NC1CCS(=O)(=O)C1. The molecule has 1 aliphatic heterocycles. The first kappa shape index (κ1) is 15.6. The van der Waals surface area contributed by atoms with Crippen LogP contribution in [0.3, 0.4) is 0 Å². The third-order valence-corrected chi connectivity index (χ3v) is 5.31. The third-order valence-electron chi connectivity index (χ3n) is 3.54. The summed E-state index contributed by atoms with van der Waals surface area (Å²) in [6, 6.07) is 5.09. The lowest BCUT2D eigenvalue weighted by Gasteiger charge is -2.17. The Labute approximate surface area is 125 Å². The number of sulfone groups is 1. The first-order valence-corrected chi connectivity index (χ1v) is 8.65. The highest BCUT2D eigenvalue weighted by Crippen LogP contribution is 2.21. The van der Waals surface area contributed by atoms with E-state index < -0.39 is 9.84 Å². The molecule has 1 unspecified atom stereocenters. The number of hydrogen-bond donors (Lipinski definition) is 2. The van der Waals surface area contributed by atoms with Crippen LogP contribution >= 0.6 is 0 Å². The van der Waals surface area contributed by atoms with Gasteiger partial charge < -0.3 is 15.5 Å². The third kappa shape index (κ3) is 4.10. The fourth-order valence-electron chi connectivity index (χ4n) is 2.32. The van der Waals surface area contributed by atoms with E-state index in [2.05, 4.69) is 10.6 Å². The number of rotatable bonds is 3. The number of urea groups is 1. The van der Waals surface area contributed by atoms with Crippen molar-refractivity contribution in [3.8, 4) is 0 Å². The zero-order valence-electron chi connectivity index (χ0n) is 12.5. The van der Waals surface area contributed by atoms with Gasteiger partial charge in [0, 0.05) is 31.5 Å². The van der Waals surface area contributed by atoms with Crippen LogP contribution in [0.2, 0.25) is 0 Å². The van der Waals surface area contributed by atoms with Crippen LogP contribution in [0.1, 0.15) is 12.0 Å². The Kier molecular flexibility index (Phi) is 4.41. The van der Waals surface area contributed by atoms with Crippen molar-refractivity contribution < 1.29 is 13.2 Å². The number of amides is 2. The molecule has 116 valence electrons. The van der Waals surface area contributed by atoms with E-state index in [1.807, 2.05) is 44.1 Å². The molecule has 2 N–H and O–H groups in total. The normalized spacial score (nSPS) is 20.0. The maximum Gasteiger partial charge on any atom is 0.319 e. The molecule has 21 heavy (non-hydrogen) atoms. The summed E-state index contributed by atoms with van der Waals surface area (Å²) < 4.78 is 22.7. The van der Waals surface area contributed by atoms with Crippen molar-refractivity contribution in [3.05, 3.63) is 23.8 Å². The van der Waals surface area contributed by atoms with Gasteiger partial charge in [-0.1, -0.05) is 0 Å². The Morgan fingerprint density at radius 2 is 2.05 bits per heavy atom. The minimum atomic E-state index is -2.99. The number of hydrogen-bond acceptors (Lipinski definition) is 4. The largest absolute Gasteiger partial charge is 0.378 e. The highest BCUT2D eigenvalue weighted by molar-refractivity contribution is 7.91. The molecule has 1 aromatic carbocycles. The van der Waals surface area contributed by atoms with E-state index in [1.54, 1.807) is 0 Å². The lowest BCUT2D eigenvalue weighted by Crippen LogP contribution is -2.38. The van der Waals surface area contributed by atoms with E-state index in [1.165, 1.54) is 0 Å². The maximum atomic E-state index is 11.9. The fraction of sp³-hybridized carbons (Fsp3) is 0.500. The molecule has 1 fully saturated rings. The van der Waals surface area contributed by atoms with E-state index in [0.29, 0.717) is 6.42 Å². The van der Waals surface area contributed by atoms with Crippen LogP contribution in [0.15, 0.2) is 18.2 Å². The van der Waals surface area contributed by atoms with Crippen molar-refractivity contribution in [1.29, 1.82) is 0 Å². The lowest BCUT2D eigenvalue weighted by atomic mass is 10.1. The average Bonchev–Trinajstić information content (AvgIpc) is 2.70. The number of benzene rings is 1. The molecule has 7 heteroatoms. The van der Waals surface area contributed by atoms with Crippen molar-refractivity contribution in [2.24, 2.45) is 0 Å². The summed E-state index contributed by atoms with van der Waals surface area (Å²) in [6.45, 7) is 1.92. The summed E-state index contributed by atoms with van der Waals surface area (Å²) in [5, 5.41) is 5.48. The highest BCUT2D eigenvalue weighted by Gasteiger charge is 2.28. The molecule has 1 saturated heterocycles. The zero-order valence-corrected chi connectivity index (χ0v) is 13.3. The van der Waals surface area contributed by atoms with Crippen LogP contribution < -0.4 is 15.5 Å². The van der Waals surface area contributed by atoms with Crippen molar-refractivity contribution >= 4 is 27.2 Å². The van der Waals surface area contributed by atoms with Gasteiger partial charge in [0.25, 0.3) is 0 Å². The maximum absolute atomic E-state index is 11.9. The minimum absolute atomic E-state index is 0.0268. The fourth-order valence-corrected chi connectivity index (χ4v) is 3.99. The van der Waals surface area contributed by atoms with Gasteiger partial charge in [0.1, 0.15) is 0 Å². The second kappa shape index (κ2) is 5.93. The van der Waals surface area contributed by atoms with Gasteiger partial charge in [-0.25, -0.2) is 13.2 Å². The molecule has 0 aromatic heterocycles. The first-order chi connectivity index (χ1) is 9.77. The van der Waals surface area contributed by atoms with Crippen LogP contribution in [0.4, 0.5) is 16.2 Å². The monoisotopic (exact) mass is 311 g/mol. The molecule has 0 bridgehead atoms. The summed E-state index contributed by atoms with van der Waals surface area (Å²) in [4.78, 5) is 13.9. The molecular weight excluding hydrogens is 290 g/mol. The Morgan fingerprint density at radius 1 is 1.33 bits per heavy atom. The number of anilines is 2. The van der Waals surface area contributed by atoms with E-state index >= 15 is 0 Å². The molecule has 1 aliphatic rings. The summed E-state index contributed by atoms with van der Waals surface area (Å²) in [5.41, 5.74) is 2.73. The average molecular weight is 311 g/mol. The van der Waals surface area contributed by atoms with Crippen LogP contribution in [0, 0.1) is 6.92 Å². The highest BCUT2D eigenvalue weighted by atomic mass is 32.2. The van der Waals surface area contributed by atoms with Gasteiger partial charge in [0.2, 0.25) is 0 Å². The predicted octanol–water partition coefficient (Wildman–Crippen LogP) is 1.37. The molecule has 0 saturated carbocycles. The second-order valence-electron chi connectivity index (χ2n) is 5.59. The molecular formula is C14H21N3O3S. The summed E-state index contributed by atoms with van der Waals surface area (Å²) in [7, 11) is 0.922. The van der Waals surface area contributed by atoms with Gasteiger partial charge in [0.15, 0.2) is 9.84 Å². The van der Waals surface area contributed by atoms with E-state index in [9.17, 15) is 13.2 Å². The van der Waals surface area contributed by atoms with Crippen molar-refractivity contribution in [3.63, 3.8) is 0 Å². The molecule has 0 aliphatic carbocycles. The number of nitrogens with zero attached hydrogens (tertiary/aromatic N) is 1. The standard InChI is InChI=1S/C14H21N3O3S/c1-10-8-12(17(2)3)4-5-13(10)16-14(18)15-11-6-7-21(19,20)9-11/h4-5,8,11H,6-7,9H2,1-3H3,(H2,15,16,18). The first-order valence-electron chi connectivity index (χ1n) is 6.83. The lowest BCUT2D eigenvalue weighted by molar-refractivity contribution is 0.249. The van der Waals surface area contributed by atoms with Crippen molar-refractivity contribution in [2.75, 3.05) is 35.8 Å². The minimum Gasteiger partial charge on any atom is -0.378 e. The van der Waals surface area contributed by atoms with Gasteiger partial charge in [-0.2, -0.15) is 0 Å². The number of nitrogens with one attached hydrogen (secondary N) is 2. The Bertz CT molecular complexity index is 641. The Balaban J connectivity index is 1.97. The van der Waals surface area contributed by atoms with E-state index in [-0.39, 0.29) is 23.6 Å². The molecule has 0 radical (unpaired) electrons. The zero-order chi connectivity index (χ0) is 15.6. The summed E-state index contributed by atoms with van der Waals surface area (Å²) in [6.07, 6.45) is 0.480. The van der Waals surface area contributed by atoms with Gasteiger partial charge in [0.05, 0.1) is 11.5 Å². The summed E-state index contributed by atoms with van der Waals surface area (Å²) in [5.74, 6) is 0.174. The van der Waals surface area contributed by atoms with Crippen LogP contribution in [0.5, 0.6) is 0 Å². The summed E-state index contributed by atoms with van der Waals surface area (Å²) >= 11 is 0. The topological polar surface area (TPSA) is 78.5 Å². The van der Waals surface area contributed by atoms with Gasteiger partial charge >= 0.3 is 6.03 Å². The van der Waals surface area contributed by atoms with Crippen molar-refractivity contribution in [2.45, 2.75) is 19.4 Å². The Morgan fingerprint density at radius 3 is 2.57 bits per heavy atom. The smallest absolute Gasteiger partial charge is 0.319 e. The predicted molar refractivity (Wildman–Crippen MR) is 84.7 cm³/mol. The van der Waals surface area contributed by atoms with Gasteiger partial charge in [-0.05, 0) is 37.1 Å². The van der Waals surface area contributed by atoms with Crippen LogP contribution in [-0.4, -0.2) is 46.1 Å². The molecule has 1 heterocycles. The number of aryl methyl sites for hydroxylation is 1. The van der Waals surface area contributed by atoms with Gasteiger partial charge in [-0.3, -0.25) is 0 Å². The second-order valence-corrected chi connectivity index (χ2v) is 7.82. The molecule has 2 amide bonds. The Hall–Kier alpha value is -1.76. The number of carbonyl (C=O) groups excluding carboxylic acids is 1. The molecule has 0 spiro atoms.